The molecular weight excluding hydrogens is 340 g/mol. The summed E-state index contributed by atoms with van der Waals surface area (Å²) >= 11 is 0. The van der Waals surface area contributed by atoms with E-state index in [-0.39, 0.29) is 18.0 Å². The molecule has 1 aromatic rings. The number of rotatable bonds is 5. The van der Waals surface area contributed by atoms with Crippen molar-refractivity contribution in [2.45, 2.75) is 64.0 Å². The number of hydrogen-bond acceptors (Lipinski definition) is 4. The predicted molar refractivity (Wildman–Crippen MR) is 95.8 cm³/mol. The van der Waals surface area contributed by atoms with Gasteiger partial charge in [0.25, 0.3) is 5.91 Å². The van der Waals surface area contributed by atoms with Crippen LogP contribution in [0, 0.1) is 0 Å². The van der Waals surface area contributed by atoms with Crippen LogP contribution in [0.3, 0.4) is 0 Å². The summed E-state index contributed by atoms with van der Waals surface area (Å²) in [5.74, 6) is -0.0638. The number of hydrogen-bond donors (Lipinski definition) is 1. The zero-order valence-electron chi connectivity index (χ0n) is 15.1. The number of sulfonamides is 1. The van der Waals surface area contributed by atoms with Crippen LogP contribution in [0.4, 0.5) is 0 Å². The molecule has 0 aromatic carbocycles. The highest BCUT2D eigenvalue weighted by molar-refractivity contribution is 7.88. The lowest BCUT2D eigenvalue weighted by Crippen LogP contribution is -2.50. The molecule has 140 valence electrons. The molecule has 7 nitrogen and oxygen atoms in total. The first kappa shape index (κ1) is 18.4. The zero-order valence-corrected chi connectivity index (χ0v) is 15.9. The fourth-order valence-electron chi connectivity index (χ4n) is 3.83. The Morgan fingerprint density at radius 1 is 1.24 bits per heavy atom. The quantitative estimate of drug-likeness (QED) is 0.858. The molecule has 1 atom stereocenters. The van der Waals surface area contributed by atoms with Gasteiger partial charge in [-0.3, -0.25) is 9.89 Å². The molecule has 1 aromatic heterocycles. The van der Waals surface area contributed by atoms with Crippen molar-refractivity contribution in [3.05, 3.63) is 17.5 Å². The minimum Gasteiger partial charge on any atom is -0.337 e. The van der Waals surface area contributed by atoms with Crippen molar-refractivity contribution in [3.63, 3.8) is 0 Å². The zero-order chi connectivity index (χ0) is 18.0. The molecule has 1 saturated heterocycles. The topological polar surface area (TPSA) is 86.4 Å². The Labute approximate surface area is 149 Å². The minimum atomic E-state index is -3.22. The molecule has 1 N–H and O–H groups in total. The SMILES string of the molecule is CCc1cc(C(=O)N2CCCC(N(C3CCC3)S(C)(=O)=O)CC2)n[nH]1. The average Bonchev–Trinajstić information content (AvgIpc) is 2.87. The number of aryl methyl sites for hydroxylation is 1. The molecule has 1 aliphatic carbocycles. The summed E-state index contributed by atoms with van der Waals surface area (Å²) in [5, 5.41) is 7.00. The number of aromatic nitrogens is 2. The first-order valence-electron chi connectivity index (χ1n) is 9.22. The van der Waals surface area contributed by atoms with Gasteiger partial charge in [0.2, 0.25) is 10.0 Å². The third-order valence-electron chi connectivity index (χ3n) is 5.39. The van der Waals surface area contributed by atoms with Crippen molar-refractivity contribution in [1.82, 2.24) is 19.4 Å². The van der Waals surface area contributed by atoms with Crippen LogP contribution in [0.2, 0.25) is 0 Å². The third-order valence-corrected chi connectivity index (χ3v) is 6.76. The number of nitrogens with one attached hydrogen (secondary N) is 1. The smallest absolute Gasteiger partial charge is 0.274 e. The number of amides is 1. The van der Waals surface area contributed by atoms with Crippen molar-refractivity contribution in [2.24, 2.45) is 0 Å². The number of nitrogens with zero attached hydrogens (tertiary/aromatic N) is 3. The lowest BCUT2D eigenvalue weighted by atomic mass is 9.91. The van der Waals surface area contributed by atoms with Crippen LogP contribution < -0.4 is 0 Å². The molecule has 1 saturated carbocycles. The van der Waals surface area contributed by atoms with Gasteiger partial charge in [-0.05, 0) is 44.6 Å². The molecular formula is C17H28N4O3S. The number of aromatic amines is 1. The molecule has 3 rings (SSSR count). The lowest BCUT2D eigenvalue weighted by molar-refractivity contribution is 0.0751. The first-order valence-corrected chi connectivity index (χ1v) is 11.1. The number of carbonyl (C=O) groups excluding carboxylic acids is 1. The molecule has 25 heavy (non-hydrogen) atoms. The second kappa shape index (κ2) is 7.45. The second-order valence-electron chi connectivity index (χ2n) is 7.19. The van der Waals surface area contributed by atoms with Gasteiger partial charge in [-0.15, -0.1) is 0 Å². The van der Waals surface area contributed by atoms with Crippen LogP contribution in [-0.2, 0) is 16.4 Å². The van der Waals surface area contributed by atoms with E-state index in [4.69, 9.17) is 0 Å². The highest BCUT2D eigenvalue weighted by Gasteiger charge is 2.37. The summed E-state index contributed by atoms with van der Waals surface area (Å²) in [5.41, 5.74) is 1.40. The fraction of sp³-hybridized carbons (Fsp3) is 0.765. The largest absolute Gasteiger partial charge is 0.337 e. The van der Waals surface area contributed by atoms with E-state index in [0.29, 0.717) is 25.2 Å². The summed E-state index contributed by atoms with van der Waals surface area (Å²) in [4.78, 5) is 14.5. The maximum absolute atomic E-state index is 12.7. The normalized spacial score (nSPS) is 22.7. The van der Waals surface area contributed by atoms with Gasteiger partial charge in [0.15, 0.2) is 0 Å². The van der Waals surface area contributed by atoms with Crippen molar-refractivity contribution < 1.29 is 13.2 Å². The summed E-state index contributed by atoms with van der Waals surface area (Å²) in [7, 11) is -3.22. The minimum absolute atomic E-state index is 0.00323. The molecule has 1 amide bonds. The Morgan fingerprint density at radius 2 is 1.92 bits per heavy atom. The third kappa shape index (κ3) is 4.06. The van der Waals surface area contributed by atoms with Crippen LogP contribution in [0.25, 0.3) is 0 Å². The van der Waals surface area contributed by atoms with E-state index in [2.05, 4.69) is 10.2 Å². The molecule has 0 radical (unpaired) electrons. The predicted octanol–water partition coefficient (Wildman–Crippen LogP) is 1.78. The number of likely N-dealkylation sites (tertiary alicyclic amines) is 1. The van der Waals surface area contributed by atoms with Gasteiger partial charge in [0.05, 0.1) is 6.26 Å². The monoisotopic (exact) mass is 368 g/mol. The molecule has 2 aliphatic rings. The lowest BCUT2D eigenvalue weighted by Gasteiger charge is -2.40. The molecule has 0 bridgehead atoms. The van der Waals surface area contributed by atoms with Gasteiger partial charge < -0.3 is 4.90 Å². The fourth-order valence-corrected chi connectivity index (χ4v) is 5.34. The second-order valence-corrected chi connectivity index (χ2v) is 9.07. The molecule has 1 unspecified atom stereocenters. The summed E-state index contributed by atoms with van der Waals surface area (Å²) in [6, 6.07) is 1.96. The summed E-state index contributed by atoms with van der Waals surface area (Å²) in [6.07, 6.45) is 7.47. The van der Waals surface area contributed by atoms with Gasteiger partial charge in [0.1, 0.15) is 5.69 Å². The van der Waals surface area contributed by atoms with Gasteiger partial charge in [-0.1, -0.05) is 13.3 Å². The van der Waals surface area contributed by atoms with Gasteiger partial charge in [0, 0.05) is 30.9 Å². The van der Waals surface area contributed by atoms with Crippen LogP contribution in [0.15, 0.2) is 6.07 Å². The van der Waals surface area contributed by atoms with Crippen molar-refractivity contribution in [3.8, 4) is 0 Å². The highest BCUT2D eigenvalue weighted by Crippen LogP contribution is 2.32. The molecule has 2 heterocycles. The van der Waals surface area contributed by atoms with Crippen molar-refractivity contribution >= 4 is 15.9 Å². The number of carbonyl (C=O) groups is 1. The van der Waals surface area contributed by atoms with E-state index in [1.807, 2.05) is 17.9 Å². The first-order chi connectivity index (χ1) is 11.9. The molecule has 8 heteroatoms. The summed E-state index contributed by atoms with van der Waals surface area (Å²) in [6.45, 7) is 3.25. The summed E-state index contributed by atoms with van der Waals surface area (Å²) < 4.78 is 26.3. The van der Waals surface area contributed by atoms with E-state index >= 15 is 0 Å². The molecule has 1 aliphatic heterocycles. The van der Waals surface area contributed by atoms with Crippen LogP contribution >= 0.6 is 0 Å². The Bertz CT molecular complexity index is 711. The highest BCUT2D eigenvalue weighted by atomic mass is 32.2. The van der Waals surface area contributed by atoms with E-state index in [1.165, 1.54) is 6.26 Å². The maximum atomic E-state index is 12.7. The van der Waals surface area contributed by atoms with Gasteiger partial charge in [-0.2, -0.15) is 9.40 Å². The van der Waals surface area contributed by atoms with Crippen LogP contribution in [0.5, 0.6) is 0 Å². The molecule has 2 fully saturated rings. The number of H-pyrrole nitrogens is 1. The Hall–Kier alpha value is -1.41. The van der Waals surface area contributed by atoms with E-state index in [1.54, 1.807) is 4.31 Å². The Kier molecular flexibility index (Phi) is 5.48. The molecule has 0 spiro atoms. The Balaban J connectivity index is 1.68. The average molecular weight is 369 g/mol. The standard InChI is InChI=1S/C17H28N4O3S/c1-3-13-12-16(19-18-13)17(22)20-10-5-8-15(9-11-20)21(25(2,23)24)14-6-4-7-14/h12,14-15H,3-11H2,1-2H3,(H,18,19). The van der Waals surface area contributed by atoms with E-state index in [0.717, 1.165) is 44.2 Å². The maximum Gasteiger partial charge on any atom is 0.274 e. The van der Waals surface area contributed by atoms with Crippen molar-refractivity contribution in [1.29, 1.82) is 0 Å². The van der Waals surface area contributed by atoms with E-state index in [9.17, 15) is 13.2 Å². The van der Waals surface area contributed by atoms with Crippen LogP contribution in [-0.4, -0.2) is 65.2 Å². The van der Waals surface area contributed by atoms with Gasteiger partial charge >= 0.3 is 0 Å². The van der Waals surface area contributed by atoms with Gasteiger partial charge in [-0.25, -0.2) is 8.42 Å². The van der Waals surface area contributed by atoms with Crippen LogP contribution in [0.1, 0.15) is 61.6 Å². The van der Waals surface area contributed by atoms with E-state index < -0.39 is 10.0 Å². The Morgan fingerprint density at radius 3 is 2.48 bits per heavy atom. The van der Waals surface area contributed by atoms with Crippen molar-refractivity contribution in [2.75, 3.05) is 19.3 Å².